The van der Waals surface area contributed by atoms with Gasteiger partial charge in [-0.2, -0.15) is 0 Å². The zero-order valence-corrected chi connectivity index (χ0v) is 12.3. The van der Waals surface area contributed by atoms with Gasteiger partial charge in [0.15, 0.2) is 0 Å². The molecule has 2 rings (SSSR count). The van der Waals surface area contributed by atoms with Crippen LogP contribution in [0.1, 0.15) is 31.1 Å². The number of nitrogens with zero attached hydrogens (tertiary/aromatic N) is 1. The SMILES string of the molecule is CCN(CC)c1ccc(C(O)Cc2ccccc2)cc1. The van der Waals surface area contributed by atoms with Crippen molar-refractivity contribution in [3.8, 4) is 0 Å². The molecule has 1 atom stereocenters. The van der Waals surface area contributed by atoms with Gasteiger partial charge in [0.05, 0.1) is 6.10 Å². The summed E-state index contributed by atoms with van der Waals surface area (Å²) in [6.07, 6.45) is 0.217. The Labute approximate surface area is 121 Å². The van der Waals surface area contributed by atoms with Crippen molar-refractivity contribution in [2.45, 2.75) is 26.4 Å². The first-order chi connectivity index (χ1) is 9.74. The molecule has 106 valence electrons. The normalized spacial score (nSPS) is 12.2. The molecule has 0 radical (unpaired) electrons. The largest absolute Gasteiger partial charge is 0.388 e. The van der Waals surface area contributed by atoms with Crippen molar-refractivity contribution < 1.29 is 5.11 Å². The maximum Gasteiger partial charge on any atom is 0.0830 e. The van der Waals surface area contributed by atoms with Crippen LogP contribution in [-0.2, 0) is 6.42 Å². The summed E-state index contributed by atoms with van der Waals surface area (Å²) in [6, 6.07) is 18.3. The van der Waals surface area contributed by atoms with Crippen molar-refractivity contribution in [3.63, 3.8) is 0 Å². The molecule has 0 amide bonds. The minimum atomic E-state index is -0.442. The van der Waals surface area contributed by atoms with Crippen LogP contribution in [-0.4, -0.2) is 18.2 Å². The molecule has 0 fully saturated rings. The first kappa shape index (κ1) is 14.6. The predicted molar refractivity (Wildman–Crippen MR) is 85.1 cm³/mol. The fraction of sp³-hybridized carbons (Fsp3) is 0.333. The van der Waals surface area contributed by atoms with Gasteiger partial charge in [-0.3, -0.25) is 0 Å². The molecule has 0 saturated heterocycles. The molecule has 1 unspecified atom stereocenters. The second-order valence-electron chi connectivity index (χ2n) is 4.97. The van der Waals surface area contributed by atoms with Crippen LogP contribution in [0.5, 0.6) is 0 Å². The van der Waals surface area contributed by atoms with E-state index in [1.165, 1.54) is 5.69 Å². The van der Waals surface area contributed by atoms with Crippen LogP contribution < -0.4 is 4.90 Å². The average Bonchev–Trinajstić information content (AvgIpc) is 2.50. The molecule has 0 bridgehead atoms. The zero-order chi connectivity index (χ0) is 14.4. The molecule has 20 heavy (non-hydrogen) atoms. The van der Waals surface area contributed by atoms with E-state index >= 15 is 0 Å². The fourth-order valence-electron chi connectivity index (χ4n) is 2.45. The van der Waals surface area contributed by atoms with Gasteiger partial charge in [0.2, 0.25) is 0 Å². The Kier molecular flexibility index (Phi) is 5.19. The molecule has 0 aliphatic rings. The summed E-state index contributed by atoms with van der Waals surface area (Å²) < 4.78 is 0. The van der Waals surface area contributed by atoms with Gasteiger partial charge in [-0.25, -0.2) is 0 Å². The van der Waals surface area contributed by atoms with Crippen LogP contribution in [0.15, 0.2) is 54.6 Å². The molecular formula is C18H23NO. The minimum absolute atomic E-state index is 0.442. The molecule has 0 saturated carbocycles. The summed E-state index contributed by atoms with van der Waals surface area (Å²) in [5.74, 6) is 0. The van der Waals surface area contributed by atoms with Gasteiger partial charge >= 0.3 is 0 Å². The van der Waals surface area contributed by atoms with Crippen LogP contribution in [0.25, 0.3) is 0 Å². The summed E-state index contributed by atoms with van der Waals surface area (Å²) in [6.45, 7) is 6.31. The number of anilines is 1. The Morgan fingerprint density at radius 3 is 2.05 bits per heavy atom. The number of hydrogen-bond acceptors (Lipinski definition) is 2. The lowest BCUT2D eigenvalue weighted by Gasteiger charge is -2.21. The van der Waals surface area contributed by atoms with E-state index in [9.17, 15) is 5.11 Å². The minimum Gasteiger partial charge on any atom is -0.388 e. The molecular weight excluding hydrogens is 246 g/mol. The quantitative estimate of drug-likeness (QED) is 0.862. The standard InChI is InChI=1S/C18H23NO/c1-3-19(4-2)17-12-10-16(11-13-17)18(20)14-15-8-6-5-7-9-15/h5-13,18,20H,3-4,14H2,1-2H3. The first-order valence-corrected chi connectivity index (χ1v) is 7.31. The molecule has 2 aromatic carbocycles. The van der Waals surface area contributed by atoms with Gasteiger partial charge in [0.25, 0.3) is 0 Å². The topological polar surface area (TPSA) is 23.5 Å². The molecule has 0 aliphatic heterocycles. The summed E-state index contributed by atoms with van der Waals surface area (Å²) >= 11 is 0. The lowest BCUT2D eigenvalue weighted by Crippen LogP contribution is -2.21. The predicted octanol–water partition coefficient (Wildman–Crippen LogP) is 3.81. The highest BCUT2D eigenvalue weighted by molar-refractivity contribution is 5.47. The van der Waals surface area contributed by atoms with E-state index in [-0.39, 0.29) is 0 Å². The molecule has 0 aliphatic carbocycles. The van der Waals surface area contributed by atoms with E-state index < -0.39 is 6.10 Å². The Morgan fingerprint density at radius 2 is 1.50 bits per heavy atom. The van der Waals surface area contributed by atoms with Crippen LogP contribution >= 0.6 is 0 Å². The Hall–Kier alpha value is -1.80. The van der Waals surface area contributed by atoms with Gasteiger partial charge in [0.1, 0.15) is 0 Å². The van der Waals surface area contributed by atoms with Crippen LogP contribution in [0.3, 0.4) is 0 Å². The fourth-order valence-corrected chi connectivity index (χ4v) is 2.45. The summed E-state index contributed by atoms with van der Waals surface area (Å²) in [7, 11) is 0. The molecule has 2 heteroatoms. The number of hydrogen-bond donors (Lipinski definition) is 1. The molecule has 2 nitrogen and oxygen atoms in total. The van der Waals surface area contributed by atoms with Crippen molar-refractivity contribution in [1.82, 2.24) is 0 Å². The van der Waals surface area contributed by atoms with Gasteiger partial charge < -0.3 is 10.0 Å². The molecule has 0 aromatic heterocycles. The average molecular weight is 269 g/mol. The van der Waals surface area contributed by atoms with Crippen molar-refractivity contribution in [2.75, 3.05) is 18.0 Å². The third-order valence-electron chi connectivity index (χ3n) is 3.68. The van der Waals surface area contributed by atoms with E-state index in [0.29, 0.717) is 6.42 Å². The molecule has 0 spiro atoms. The summed E-state index contributed by atoms with van der Waals surface area (Å²) in [5, 5.41) is 10.3. The van der Waals surface area contributed by atoms with E-state index in [1.807, 2.05) is 42.5 Å². The van der Waals surface area contributed by atoms with E-state index in [4.69, 9.17) is 0 Å². The van der Waals surface area contributed by atoms with Crippen LogP contribution in [0.2, 0.25) is 0 Å². The van der Waals surface area contributed by atoms with Crippen molar-refractivity contribution in [2.24, 2.45) is 0 Å². The smallest absolute Gasteiger partial charge is 0.0830 e. The van der Waals surface area contributed by atoms with E-state index in [1.54, 1.807) is 0 Å². The van der Waals surface area contributed by atoms with E-state index in [0.717, 1.165) is 24.2 Å². The number of rotatable bonds is 6. The second kappa shape index (κ2) is 7.11. The van der Waals surface area contributed by atoms with Gasteiger partial charge in [-0.1, -0.05) is 42.5 Å². The second-order valence-corrected chi connectivity index (χ2v) is 4.97. The molecule has 1 N–H and O–H groups in total. The van der Waals surface area contributed by atoms with Gasteiger partial charge in [-0.15, -0.1) is 0 Å². The van der Waals surface area contributed by atoms with Crippen molar-refractivity contribution >= 4 is 5.69 Å². The Balaban J connectivity index is 2.06. The molecule has 0 heterocycles. The van der Waals surface area contributed by atoms with Crippen LogP contribution in [0.4, 0.5) is 5.69 Å². The lowest BCUT2D eigenvalue weighted by atomic mass is 10.0. The first-order valence-electron chi connectivity index (χ1n) is 7.31. The molecule has 2 aromatic rings. The highest BCUT2D eigenvalue weighted by Gasteiger charge is 2.09. The zero-order valence-electron chi connectivity index (χ0n) is 12.3. The number of benzene rings is 2. The third kappa shape index (κ3) is 3.61. The van der Waals surface area contributed by atoms with Gasteiger partial charge in [0, 0.05) is 25.2 Å². The van der Waals surface area contributed by atoms with Crippen molar-refractivity contribution in [1.29, 1.82) is 0 Å². The monoisotopic (exact) mass is 269 g/mol. The van der Waals surface area contributed by atoms with Crippen molar-refractivity contribution in [3.05, 3.63) is 65.7 Å². The number of aliphatic hydroxyl groups is 1. The summed E-state index contributed by atoms with van der Waals surface area (Å²) in [4.78, 5) is 2.30. The Bertz CT molecular complexity index is 503. The van der Waals surface area contributed by atoms with E-state index in [2.05, 4.69) is 30.9 Å². The summed E-state index contributed by atoms with van der Waals surface area (Å²) in [5.41, 5.74) is 3.35. The highest BCUT2D eigenvalue weighted by Crippen LogP contribution is 2.22. The third-order valence-corrected chi connectivity index (χ3v) is 3.68. The maximum atomic E-state index is 10.3. The number of aliphatic hydroxyl groups excluding tert-OH is 1. The lowest BCUT2D eigenvalue weighted by molar-refractivity contribution is 0.178. The van der Waals surface area contributed by atoms with Crippen LogP contribution in [0, 0.1) is 0 Å². The maximum absolute atomic E-state index is 10.3. The highest BCUT2D eigenvalue weighted by atomic mass is 16.3. The van der Waals surface area contributed by atoms with Gasteiger partial charge in [-0.05, 0) is 37.1 Å². The Morgan fingerprint density at radius 1 is 0.900 bits per heavy atom.